The summed E-state index contributed by atoms with van der Waals surface area (Å²) < 4.78 is 3.01. The van der Waals surface area contributed by atoms with Gasteiger partial charge in [0.2, 0.25) is 0 Å². The second-order valence-corrected chi connectivity index (χ2v) is 5.36. The van der Waals surface area contributed by atoms with Crippen molar-refractivity contribution in [2.24, 2.45) is 7.05 Å². The number of fused-ring (bicyclic) bond motifs is 1. The molecule has 0 amide bonds. The average molecular weight is 317 g/mol. The molecule has 0 atom stereocenters. The Labute approximate surface area is 119 Å². The van der Waals surface area contributed by atoms with Crippen LogP contribution in [0.15, 0.2) is 41.3 Å². The van der Waals surface area contributed by atoms with Crippen LogP contribution < -0.4 is 5.32 Å². The van der Waals surface area contributed by atoms with Crippen molar-refractivity contribution in [2.45, 2.75) is 6.92 Å². The minimum atomic E-state index is 0.830. The van der Waals surface area contributed by atoms with Gasteiger partial charge in [0.15, 0.2) is 0 Å². The fourth-order valence-corrected chi connectivity index (χ4v) is 2.19. The van der Waals surface area contributed by atoms with Crippen LogP contribution in [0.4, 0.5) is 11.5 Å². The van der Waals surface area contributed by atoms with Crippen LogP contribution in [0.3, 0.4) is 0 Å². The normalized spacial score (nSPS) is 10.9. The van der Waals surface area contributed by atoms with Gasteiger partial charge in [-0.15, -0.1) is 0 Å². The van der Waals surface area contributed by atoms with Crippen molar-refractivity contribution < 1.29 is 0 Å². The van der Waals surface area contributed by atoms with Gasteiger partial charge >= 0.3 is 0 Å². The highest BCUT2D eigenvalue weighted by Crippen LogP contribution is 2.22. The Morgan fingerprint density at radius 3 is 2.84 bits per heavy atom. The monoisotopic (exact) mass is 316 g/mol. The van der Waals surface area contributed by atoms with E-state index < -0.39 is 0 Å². The number of aromatic nitrogens is 3. The van der Waals surface area contributed by atoms with E-state index in [1.54, 1.807) is 6.20 Å². The van der Waals surface area contributed by atoms with Gasteiger partial charge in [0.05, 0.1) is 17.4 Å². The summed E-state index contributed by atoms with van der Waals surface area (Å²) in [7, 11) is 1.99. The maximum absolute atomic E-state index is 4.35. The Bertz CT molecular complexity index is 748. The minimum absolute atomic E-state index is 0.830. The Kier molecular flexibility index (Phi) is 2.98. The van der Waals surface area contributed by atoms with E-state index >= 15 is 0 Å². The molecule has 1 N–H and O–H groups in total. The summed E-state index contributed by atoms with van der Waals surface area (Å²) in [6.45, 7) is 2.04. The van der Waals surface area contributed by atoms with Crippen molar-refractivity contribution >= 4 is 38.5 Å². The second-order valence-electron chi connectivity index (χ2n) is 4.50. The molecule has 0 aliphatic carbocycles. The summed E-state index contributed by atoms with van der Waals surface area (Å²) in [6, 6.07) is 8.11. The van der Waals surface area contributed by atoms with Gasteiger partial charge in [0.25, 0.3) is 0 Å². The van der Waals surface area contributed by atoms with Crippen LogP contribution in [-0.4, -0.2) is 14.5 Å². The van der Waals surface area contributed by atoms with Crippen molar-refractivity contribution in [1.29, 1.82) is 0 Å². The third kappa shape index (κ3) is 2.33. The number of nitrogens with one attached hydrogen (secondary N) is 1. The quantitative estimate of drug-likeness (QED) is 0.782. The van der Waals surface area contributed by atoms with E-state index in [4.69, 9.17) is 0 Å². The van der Waals surface area contributed by atoms with Crippen molar-refractivity contribution in [1.82, 2.24) is 14.5 Å². The summed E-state index contributed by atoms with van der Waals surface area (Å²) in [5, 5.41) is 3.29. The van der Waals surface area contributed by atoms with Gasteiger partial charge in [0, 0.05) is 23.4 Å². The Morgan fingerprint density at radius 2 is 2.05 bits per heavy atom. The van der Waals surface area contributed by atoms with Crippen LogP contribution >= 0.6 is 15.9 Å². The first-order chi connectivity index (χ1) is 9.13. The van der Waals surface area contributed by atoms with Crippen LogP contribution in [-0.2, 0) is 7.05 Å². The number of benzene rings is 1. The predicted molar refractivity (Wildman–Crippen MR) is 80.7 cm³/mol. The topological polar surface area (TPSA) is 42.7 Å². The molecule has 0 spiro atoms. The Hall–Kier alpha value is -1.88. The molecule has 0 saturated heterocycles. The van der Waals surface area contributed by atoms with Gasteiger partial charge < -0.3 is 9.88 Å². The molecule has 0 radical (unpaired) electrons. The molecular formula is C14H13BrN4. The number of hydrogen-bond donors (Lipinski definition) is 1. The molecule has 4 nitrogen and oxygen atoms in total. The molecule has 3 aromatic rings. The summed E-state index contributed by atoms with van der Waals surface area (Å²) in [5.74, 6) is 0.830. The van der Waals surface area contributed by atoms with Crippen LogP contribution in [0, 0.1) is 6.92 Å². The van der Waals surface area contributed by atoms with Gasteiger partial charge in [-0.25, -0.2) is 9.97 Å². The molecule has 0 aliphatic heterocycles. The molecule has 0 bridgehead atoms. The number of nitrogens with zero attached hydrogens (tertiary/aromatic N) is 3. The zero-order chi connectivity index (χ0) is 13.4. The molecule has 0 unspecified atom stereocenters. The molecule has 0 fully saturated rings. The lowest BCUT2D eigenvalue weighted by Gasteiger charge is -2.07. The third-order valence-corrected chi connectivity index (χ3v) is 3.87. The molecule has 0 saturated carbocycles. The van der Waals surface area contributed by atoms with Gasteiger partial charge in [-0.2, -0.15) is 0 Å². The number of anilines is 2. The Balaban J connectivity index is 1.94. The summed E-state index contributed by atoms with van der Waals surface area (Å²) in [5.41, 5.74) is 4.23. The first kappa shape index (κ1) is 12.2. The fourth-order valence-electron chi connectivity index (χ4n) is 1.97. The molecule has 96 valence electrons. The molecule has 19 heavy (non-hydrogen) atoms. The van der Waals surface area contributed by atoms with E-state index in [2.05, 4.69) is 37.3 Å². The fraction of sp³-hybridized carbons (Fsp3) is 0.143. The summed E-state index contributed by atoms with van der Waals surface area (Å²) in [6.07, 6.45) is 3.62. The van der Waals surface area contributed by atoms with Crippen molar-refractivity contribution in [3.63, 3.8) is 0 Å². The number of aryl methyl sites for hydroxylation is 2. The molecule has 2 aromatic heterocycles. The second kappa shape index (κ2) is 4.66. The lowest BCUT2D eigenvalue weighted by molar-refractivity contribution is 0.948. The lowest BCUT2D eigenvalue weighted by atomic mass is 10.2. The molecule has 3 rings (SSSR count). The lowest BCUT2D eigenvalue weighted by Crippen LogP contribution is -1.94. The van der Waals surface area contributed by atoms with Crippen LogP contribution in [0.1, 0.15) is 5.56 Å². The predicted octanol–water partition coefficient (Wildman–Crippen LogP) is 3.78. The van der Waals surface area contributed by atoms with Crippen molar-refractivity contribution in [2.75, 3.05) is 5.32 Å². The first-order valence-corrected chi connectivity index (χ1v) is 6.73. The minimum Gasteiger partial charge on any atom is -0.340 e. The number of pyridine rings is 1. The molecule has 5 heteroatoms. The number of rotatable bonds is 2. The van der Waals surface area contributed by atoms with Crippen LogP contribution in [0.5, 0.6) is 0 Å². The SMILES string of the molecule is Cc1cc(Nc2ccc3c(c2)ncn3C)ncc1Br. The largest absolute Gasteiger partial charge is 0.340 e. The third-order valence-electron chi connectivity index (χ3n) is 3.04. The number of hydrogen-bond acceptors (Lipinski definition) is 3. The van der Waals surface area contributed by atoms with Crippen molar-refractivity contribution in [3.05, 3.63) is 46.8 Å². The van der Waals surface area contributed by atoms with E-state index in [9.17, 15) is 0 Å². The van der Waals surface area contributed by atoms with Gasteiger partial charge in [0.1, 0.15) is 5.82 Å². The molecule has 1 aromatic carbocycles. The number of halogens is 1. The maximum Gasteiger partial charge on any atom is 0.130 e. The molecule has 0 aliphatic rings. The smallest absolute Gasteiger partial charge is 0.130 e. The molecule has 2 heterocycles. The van der Waals surface area contributed by atoms with Crippen LogP contribution in [0.25, 0.3) is 11.0 Å². The van der Waals surface area contributed by atoms with E-state index in [0.29, 0.717) is 0 Å². The standard InChI is InChI=1S/C14H13BrN4/c1-9-5-14(16-7-11(9)15)18-10-3-4-13-12(6-10)17-8-19(13)2/h3-8H,1-2H3,(H,16,18). The highest BCUT2D eigenvalue weighted by atomic mass is 79.9. The van der Waals surface area contributed by atoms with Gasteiger partial charge in [-0.05, 0) is 52.7 Å². The van der Waals surface area contributed by atoms with Crippen LogP contribution in [0.2, 0.25) is 0 Å². The zero-order valence-electron chi connectivity index (χ0n) is 10.7. The summed E-state index contributed by atoms with van der Waals surface area (Å²) >= 11 is 3.45. The number of imidazole rings is 1. The van der Waals surface area contributed by atoms with E-state index in [1.807, 2.05) is 43.1 Å². The van der Waals surface area contributed by atoms with Gasteiger partial charge in [-0.3, -0.25) is 0 Å². The first-order valence-electron chi connectivity index (χ1n) is 5.94. The van der Waals surface area contributed by atoms with Gasteiger partial charge in [-0.1, -0.05) is 0 Å². The molecular weight excluding hydrogens is 304 g/mol. The average Bonchev–Trinajstić information content (AvgIpc) is 2.75. The highest BCUT2D eigenvalue weighted by Gasteiger charge is 2.03. The highest BCUT2D eigenvalue weighted by molar-refractivity contribution is 9.10. The summed E-state index contributed by atoms with van der Waals surface area (Å²) in [4.78, 5) is 8.68. The Morgan fingerprint density at radius 1 is 1.21 bits per heavy atom. The maximum atomic E-state index is 4.35. The van der Waals surface area contributed by atoms with E-state index in [-0.39, 0.29) is 0 Å². The van der Waals surface area contributed by atoms with Crippen molar-refractivity contribution in [3.8, 4) is 0 Å². The van der Waals surface area contributed by atoms with E-state index in [0.717, 1.165) is 32.6 Å². The zero-order valence-corrected chi connectivity index (χ0v) is 12.3. The van der Waals surface area contributed by atoms with E-state index in [1.165, 1.54) is 0 Å².